The number of thiophene rings is 1. The molecule has 3 N–H and O–H groups in total. The predicted octanol–water partition coefficient (Wildman–Crippen LogP) is 2.92. The number of alkyl halides is 1. The third-order valence-corrected chi connectivity index (χ3v) is 3.53. The minimum atomic E-state index is 0.131. The van der Waals surface area contributed by atoms with Crippen molar-refractivity contribution >= 4 is 34.5 Å². The van der Waals surface area contributed by atoms with Gasteiger partial charge in [0.25, 0.3) is 0 Å². The van der Waals surface area contributed by atoms with E-state index in [1.54, 1.807) is 11.3 Å². The summed E-state index contributed by atoms with van der Waals surface area (Å²) in [6, 6.07) is 2.01. The molecule has 0 saturated carbocycles. The lowest BCUT2D eigenvalue weighted by molar-refractivity contribution is 0.519. The van der Waals surface area contributed by atoms with Gasteiger partial charge in [-0.3, -0.25) is 11.3 Å². The summed E-state index contributed by atoms with van der Waals surface area (Å²) in [5.74, 6) is 6.08. The van der Waals surface area contributed by atoms with Crippen LogP contribution >= 0.6 is 34.5 Å². The van der Waals surface area contributed by atoms with E-state index >= 15 is 0 Å². The third-order valence-electron chi connectivity index (χ3n) is 1.79. The summed E-state index contributed by atoms with van der Waals surface area (Å²) in [5.41, 5.74) is 2.75. The third kappa shape index (κ3) is 3.11. The Morgan fingerprint density at radius 3 is 2.85 bits per heavy atom. The van der Waals surface area contributed by atoms with Gasteiger partial charge >= 0.3 is 0 Å². The Balaban J connectivity index is 2.61. The zero-order valence-corrected chi connectivity index (χ0v) is 9.42. The van der Waals surface area contributed by atoms with Crippen LogP contribution in [-0.4, -0.2) is 5.88 Å². The van der Waals surface area contributed by atoms with Crippen molar-refractivity contribution in [2.24, 2.45) is 5.84 Å². The summed E-state index contributed by atoms with van der Waals surface area (Å²) in [4.78, 5) is 1.09. The SMILES string of the molecule is NNC(CCCCl)c1sccc1Cl. The molecule has 1 unspecified atom stereocenters. The van der Waals surface area contributed by atoms with Crippen molar-refractivity contribution in [3.05, 3.63) is 21.3 Å². The first-order chi connectivity index (χ1) is 6.29. The molecule has 0 aliphatic rings. The molecule has 1 aromatic rings. The van der Waals surface area contributed by atoms with Gasteiger partial charge in [-0.15, -0.1) is 22.9 Å². The average molecular weight is 239 g/mol. The lowest BCUT2D eigenvalue weighted by Gasteiger charge is -2.13. The molecular weight excluding hydrogens is 227 g/mol. The highest BCUT2D eigenvalue weighted by Crippen LogP contribution is 2.30. The van der Waals surface area contributed by atoms with E-state index < -0.39 is 0 Å². The van der Waals surface area contributed by atoms with Crippen LogP contribution in [-0.2, 0) is 0 Å². The monoisotopic (exact) mass is 238 g/mol. The topological polar surface area (TPSA) is 38.0 Å². The number of halogens is 2. The molecule has 0 radical (unpaired) electrons. The molecule has 5 heteroatoms. The summed E-state index contributed by atoms with van der Waals surface area (Å²) in [7, 11) is 0. The van der Waals surface area contributed by atoms with Gasteiger partial charge in [0.1, 0.15) is 0 Å². The minimum Gasteiger partial charge on any atom is -0.271 e. The minimum absolute atomic E-state index is 0.131. The number of nitrogens with two attached hydrogens (primary N) is 1. The number of hydrogen-bond acceptors (Lipinski definition) is 3. The summed E-state index contributed by atoms with van der Waals surface area (Å²) in [6.07, 6.45) is 1.85. The molecule has 13 heavy (non-hydrogen) atoms. The Bertz CT molecular complexity index is 252. The quantitative estimate of drug-likeness (QED) is 0.471. The first-order valence-electron chi connectivity index (χ1n) is 4.04. The van der Waals surface area contributed by atoms with Crippen LogP contribution in [0.1, 0.15) is 23.8 Å². The van der Waals surface area contributed by atoms with E-state index in [1.165, 1.54) is 0 Å². The first-order valence-corrected chi connectivity index (χ1v) is 5.83. The molecule has 1 atom stereocenters. The fourth-order valence-electron chi connectivity index (χ4n) is 1.13. The van der Waals surface area contributed by atoms with Crippen molar-refractivity contribution in [3.63, 3.8) is 0 Å². The highest BCUT2D eigenvalue weighted by atomic mass is 35.5. The van der Waals surface area contributed by atoms with Crippen LogP contribution in [0.25, 0.3) is 0 Å². The number of rotatable bonds is 5. The van der Waals surface area contributed by atoms with Gasteiger partial charge in [-0.25, -0.2) is 0 Å². The zero-order chi connectivity index (χ0) is 9.68. The predicted molar refractivity (Wildman–Crippen MR) is 59.3 cm³/mol. The van der Waals surface area contributed by atoms with Gasteiger partial charge in [-0.2, -0.15) is 0 Å². The van der Waals surface area contributed by atoms with Crippen LogP contribution in [0.5, 0.6) is 0 Å². The van der Waals surface area contributed by atoms with Crippen LogP contribution in [0.15, 0.2) is 11.4 Å². The summed E-state index contributed by atoms with van der Waals surface area (Å²) in [5, 5.41) is 2.74. The zero-order valence-electron chi connectivity index (χ0n) is 7.09. The van der Waals surface area contributed by atoms with E-state index in [0.29, 0.717) is 5.88 Å². The molecule has 74 valence electrons. The summed E-state index contributed by atoms with van der Waals surface area (Å²) < 4.78 is 0. The number of nitrogens with one attached hydrogen (secondary N) is 1. The van der Waals surface area contributed by atoms with Crippen LogP contribution in [0.2, 0.25) is 5.02 Å². The second-order valence-corrected chi connectivity index (χ2v) is 4.42. The van der Waals surface area contributed by atoms with Crippen molar-refractivity contribution in [3.8, 4) is 0 Å². The van der Waals surface area contributed by atoms with E-state index in [4.69, 9.17) is 29.0 Å². The molecular formula is C8H12Cl2N2S. The maximum Gasteiger partial charge on any atom is 0.0568 e. The van der Waals surface area contributed by atoms with Gasteiger partial charge < -0.3 is 0 Å². The molecule has 0 aliphatic carbocycles. The molecule has 0 bridgehead atoms. The van der Waals surface area contributed by atoms with Gasteiger partial charge in [0, 0.05) is 10.8 Å². The number of hydrazine groups is 1. The maximum atomic E-state index is 5.97. The van der Waals surface area contributed by atoms with Gasteiger partial charge in [-0.1, -0.05) is 11.6 Å². The van der Waals surface area contributed by atoms with Crippen molar-refractivity contribution in [1.29, 1.82) is 0 Å². The lowest BCUT2D eigenvalue weighted by Crippen LogP contribution is -2.27. The van der Waals surface area contributed by atoms with Crippen LogP contribution in [0, 0.1) is 0 Å². The van der Waals surface area contributed by atoms with Crippen LogP contribution in [0.3, 0.4) is 0 Å². The lowest BCUT2D eigenvalue weighted by atomic mass is 10.1. The van der Waals surface area contributed by atoms with Crippen LogP contribution in [0.4, 0.5) is 0 Å². The Morgan fingerprint density at radius 2 is 2.38 bits per heavy atom. The normalized spacial score (nSPS) is 13.2. The molecule has 2 nitrogen and oxygen atoms in total. The molecule has 0 spiro atoms. The Morgan fingerprint density at radius 1 is 1.62 bits per heavy atom. The highest BCUT2D eigenvalue weighted by molar-refractivity contribution is 7.10. The molecule has 0 fully saturated rings. The number of hydrogen-bond donors (Lipinski definition) is 2. The average Bonchev–Trinajstić information content (AvgIpc) is 2.54. The van der Waals surface area contributed by atoms with Gasteiger partial charge in [-0.05, 0) is 24.3 Å². The standard InChI is InChI=1S/C8H12Cl2N2S/c9-4-1-2-7(12-11)8-6(10)3-5-13-8/h3,5,7,12H,1-2,4,11H2. The molecule has 1 rings (SSSR count). The van der Waals surface area contributed by atoms with Crippen molar-refractivity contribution in [2.75, 3.05) is 5.88 Å². The Labute approximate surface area is 92.0 Å². The highest BCUT2D eigenvalue weighted by Gasteiger charge is 2.13. The largest absolute Gasteiger partial charge is 0.271 e. The van der Waals surface area contributed by atoms with E-state index in [0.717, 1.165) is 22.7 Å². The van der Waals surface area contributed by atoms with Crippen molar-refractivity contribution in [1.82, 2.24) is 5.43 Å². The van der Waals surface area contributed by atoms with E-state index in [-0.39, 0.29) is 6.04 Å². The van der Waals surface area contributed by atoms with Gasteiger partial charge in [0.15, 0.2) is 0 Å². The smallest absolute Gasteiger partial charge is 0.0568 e. The van der Waals surface area contributed by atoms with E-state index in [2.05, 4.69) is 5.43 Å². The summed E-state index contributed by atoms with van der Waals surface area (Å²) in [6.45, 7) is 0. The van der Waals surface area contributed by atoms with E-state index in [9.17, 15) is 0 Å². The molecule has 1 aromatic heterocycles. The summed E-state index contributed by atoms with van der Waals surface area (Å²) >= 11 is 13.2. The molecule has 0 saturated heterocycles. The maximum absolute atomic E-state index is 5.97. The molecule has 0 amide bonds. The van der Waals surface area contributed by atoms with E-state index in [1.807, 2.05) is 11.4 Å². The fourth-order valence-corrected chi connectivity index (χ4v) is 2.56. The van der Waals surface area contributed by atoms with Crippen molar-refractivity contribution in [2.45, 2.75) is 18.9 Å². The molecule has 0 aliphatic heterocycles. The fraction of sp³-hybridized carbons (Fsp3) is 0.500. The molecule has 0 aromatic carbocycles. The van der Waals surface area contributed by atoms with Gasteiger partial charge in [0.2, 0.25) is 0 Å². The second-order valence-electron chi connectivity index (χ2n) is 2.68. The van der Waals surface area contributed by atoms with Crippen molar-refractivity contribution < 1.29 is 0 Å². The Kier molecular flexibility index (Phi) is 5.06. The first kappa shape index (κ1) is 11.3. The van der Waals surface area contributed by atoms with Gasteiger partial charge in [0.05, 0.1) is 11.1 Å². The molecule has 1 heterocycles. The van der Waals surface area contributed by atoms with Crippen LogP contribution < -0.4 is 11.3 Å². The Hall–Kier alpha value is 0.200. The second kappa shape index (κ2) is 5.83.